The third-order valence-corrected chi connectivity index (χ3v) is 2.48. The average molecular weight is 259 g/mol. The van der Waals surface area contributed by atoms with Crippen molar-refractivity contribution in [2.24, 2.45) is 0 Å². The van der Waals surface area contributed by atoms with E-state index in [1.807, 2.05) is 6.07 Å². The lowest BCUT2D eigenvalue weighted by Crippen LogP contribution is -2.09. The number of nitrogens with zero attached hydrogens (tertiary/aromatic N) is 2. The third kappa shape index (κ3) is 3.19. The van der Waals surface area contributed by atoms with Crippen LogP contribution in [0.5, 0.6) is 5.75 Å². The molecule has 2 N–H and O–H groups in total. The lowest BCUT2D eigenvalue weighted by molar-refractivity contribution is 0.0587. The second-order valence-electron chi connectivity index (χ2n) is 3.74. The number of aromatic hydroxyl groups is 1. The Hall–Kier alpha value is -2.63. The molecule has 0 spiro atoms. The van der Waals surface area contributed by atoms with Crippen molar-refractivity contribution >= 4 is 11.8 Å². The van der Waals surface area contributed by atoms with Gasteiger partial charge in [0.2, 0.25) is 5.82 Å². The number of ether oxygens (including phenoxy) is 1. The fourth-order valence-corrected chi connectivity index (χ4v) is 1.49. The molecule has 0 aliphatic carbocycles. The SMILES string of the molecule is COC(=O)c1nccc(NCc2ccccc2O)n1. The van der Waals surface area contributed by atoms with Gasteiger partial charge >= 0.3 is 5.97 Å². The molecule has 0 atom stereocenters. The van der Waals surface area contributed by atoms with Gasteiger partial charge in [-0.2, -0.15) is 0 Å². The van der Waals surface area contributed by atoms with Gasteiger partial charge < -0.3 is 15.2 Å². The van der Waals surface area contributed by atoms with Gasteiger partial charge in [0.25, 0.3) is 0 Å². The summed E-state index contributed by atoms with van der Waals surface area (Å²) in [6.07, 6.45) is 1.46. The van der Waals surface area contributed by atoms with E-state index < -0.39 is 5.97 Å². The molecular formula is C13H13N3O3. The van der Waals surface area contributed by atoms with Crippen molar-refractivity contribution in [1.29, 1.82) is 0 Å². The quantitative estimate of drug-likeness (QED) is 0.811. The first-order valence-electron chi connectivity index (χ1n) is 5.63. The summed E-state index contributed by atoms with van der Waals surface area (Å²) in [4.78, 5) is 19.1. The number of esters is 1. The first-order chi connectivity index (χ1) is 9.20. The summed E-state index contributed by atoms with van der Waals surface area (Å²) in [5.74, 6) is 0.0897. The summed E-state index contributed by atoms with van der Waals surface area (Å²) in [7, 11) is 1.27. The molecule has 6 heteroatoms. The maximum Gasteiger partial charge on any atom is 0.376 e. The van der Waals surface area contributed by atoms with E-state index in [2.05, 4.69) is 20.0 Å². The highest BCUT2D eigenvalue weighted by Gasteiger charge is 2.09. The molecule has 98 valence electrons. The molecule has 0 aliphatic rings. The first-order valence-corrected chi connectivity index (χ1v) is 5.63. The van der Waals surface area contributed by atoms with Gasteiger partial charge in [-0.15, -0.1) is 0 Å². The van der Waals surface area contributed by atoms with Crippen LogP contribution in [-0.4, -0.2) is 28.2 Å². The van der Waals surface area contributed by atoms with Crippen LogP contribution in [0.3, 0.4) is 0 Å². The molecule has 0 radical (unpaired) electrons. The minimum absolute atomic E-state index is 0.00946. The molecule has 0 aliphatic heterocycles. The molecule has 0 bridgehead atoms. The van der Waals surface area contributed by atoms with Gasteiger partial charge in [-0.25, -0.2) is 14.8 Å². The van der Waals surface area contributed by atoms with Crippen LogP contribution in [0, 0.1) is 0 Å². The Bertz CT molecular complexity index is 587. The summed E-state index contributed by atoms with van der Waals surface area (Å²) >= 11 is 0. The number of nitrogens with one attached hydrogen (secondary N) is 1. The number of carbonyl (C=O) groups excluding carboxylic acids is 1. The zero-order valence-corrected chi connectivity index (χ0v) is 10.3. The van der Waals surface area contributed by atoms with Crippen molar-refractivity contribution in [1.82, 2.24) is 9.97 Å². The Morgan fingerprint density at radius 3 is 2.89 bits per heavy atom. The number of phenolic OH excluding ortho intramolecular Hbond substituents is 1. The first kappa shape index (κ1) is 12.8. The van der Waals surface area contributed by atoms with Gasteiger partial charge in [0.15, 0.2) is 0 Å². The molecule has 0 amide bonds. The summed E-state index contributed by atoms with van der Waals surface area (Å²) in [6.45, 7) is 0.393. The molecule has 19 heavy (non-hydrogen) atoms. The van der Waals surface area contributed by atoms with Crippen molar-refractivity contribution < 1.29 is 14.6 Å². The van der Waals surface area contributed by atoms with Crippen molar-refractivity contribution in [2.75, 3.05) is 12.4 Å². The van der Waals surface area contributed by atoms with Crippen LogP contribution >= 0.6 is 0 Å². The molecule has 1 aromatic carbocycles. The van der Waals surface area contributed by atoms with Crippen molar-refractivity contribution in [3.05, 3.63) is 47.9 Å². The Morgan fingerprint density at radius 1 is 1.37 bits per heavy atom. The zero-order chi connectivity index (χ0) is 13.7. The maximum atomic E-state index is 11.3. The lowest BCUT2D eigenvalue weighted by atomic mass is 10.2. The van der Waals surface area contributed by atoms with E-state index in [0.29, 0.717) is 12.4 Å². The molecular weight excluding hydrogens is 246 g/mol. The number of phenols is 1. The summed E-state index contributed by atoms with van der Waals surface area (Å²) in [5.41, 5.74) is 0.737. The number of carbonyl (C=O) groups is 1. The van der Waals surface area contributed by atoms with Crippen molar-refractivity contribution in [3.63, 3.8) is 0 Å². The largest absolute Gasteiger partial charge is 0.508 e. The number of benzene rings is 1. The minimum atomic E-state index is -0.591. The topological polar surface area (TPSA) is 84.3 Å². The van der Waals surface area contributed by atoms with Crippen molar-refractivity contribution in [2.45, 2.75) is 6.54 Å². The van der Waals surface area contributed by atoms with Crippen LogP contribution in [0.15, 0.2) is 36.5 Å². The number of anilines is 1. The number of hydrogen-bond donors (Lipinski definition) is 2. The van der Waals surface area contributed by atoms with E-state index in [1.165, 1.54) is 13.3 Å². The Morgan fingerprint density at radius 2 is 2.16 bits per heavy atom. The van der Waals surface area contributed by atoms with Crippen molar-refractivity contribution in [3.8, 4) is 5.75 Å². The summed E-state index contributed by atoms with van der Waals surface area (Å²) in [6, 6.07) is 8.61. The highest BCUT2D eigenvalue weighted by Crippen LogP contribution is 2.16. The molecule has 1 aromatic heterocycles. The van der Waals surface area contributed by atoms with E-state index in [-0.39, 0.29) is 11.6 Å². The Balaban J connectivity index is 2.08. The van der Waals surface area contributed by atoms with Crippen LogP contribution in [0.2, 0.25) is 0 Å². The molecule has 0 saturated heterocycles. The molecule has 2 aromatic rings. The highest BCUT2D eigenvalue weighted by atomic mass is 16.5. The van der Waals surface area contributed by atoms with E-state index in [9.17, 15) is 9.90 Å². The fourth-order valence-electron chi connectivity index (χ4n) is 1.49. The normalized spacial score (nSPS) is 9.95. The number of hydrogen-bond acceptors (Lipinski definition) is 6. The van der Waals surface area contributed by atoms with Gasteiger partial charge in [0.05, 0.1) is 7.11 Å². The second-order valence-corrected chi connectivity index (χ2v) is 3.74. The summed E-state index contributed by atoms with van der Waals surface area (Å²) in [5, 5.41) is 12.6. The van der Waals surface area contributed by atoms with Gasteiger partial charge in [-0.3, -0.25) is 0 Å². The Labute approximate surface area is 110 Å². The van der Waals surface area contributed by atoms with E-state index in [1.54, 1.807) is 24.3 Å². The smallest absolute Gasteiger partial charge is 0.376 e. The third-order valence-electron chi connectivity index (χ3n) is 2.48. The zero-order valence-electron chi connectivity index (χ0n) is 10.3. The minimum Gasteiger partial charge on any atom is -0.508 e. The van der Waals surface area contributed by atoms with Gasteiger partial charge in [0, 0.05) is 18.3 Å². The van der Waals surface area contributed by atoms with Crippen LogP contribution in [0.25, 0.3) is 0 Å². The van der Waals surface area contributed by atoms with Gasteiger partial charge in [-0.05, 0) is 12.1 Å². The van der Waals surface area contributed by atoms with Crippen LogP contribution in [-0.2, 0) is 11.3 Å². The number of methoxy groups -OCH3 is 1. The number of rotatable bonds is 4. The molecule has 0 unspecified atom stereocenters. The van der Waals surface area contributed by atoms with E-state index in [0.717, 1.165) is 5.56 Å². The molecule has 0 fully saturated rings. The number of aromatic nitrogens is 2. The second kappa shape index (κ2) is 5.81. The highest BCUT2D eigenvalue weighted by molar-refractivity contribution is 5.85. The van der Waals surface area contributed by atoms with E-state index in [4.69, 9.17) is 0 Å². The Kier molecular flexibility index (Phi) is 3.92. The predicted octanol–water partition coefficient (Wildman–Crippen LogP) is 1.58. The molecule has 2 rings (SSSR count). The lowest BCUT2D eigenvalue weighted by Gasteiger charge is -2.07. The predicted molar refractivity (Wildman–Crippen MR) is 68.8 cm³/mol. The van der Waals surface area contributed by atoms with E-state index >= 15 is 0 Å². The molecule has 6 nitrogen and oxygen atoms in total. The molecule has 0 saturated carbocycles. The molecule has 1 heterocycles. The van der Waals surface area contributed by atoms with Gasteiger partial charge in [-0.1, -0.05) is 18.2 Å². The average Bonchev–Trinajstić information content (AvgIpc) is 2.46. The standard InChI is InChI=1S/C13H13N3O3/c1-19-13(18)12-14-7-6-11(16-12)15-8-9-4-2-3-5-10(9)17/h2-7,17H,8H2,1H3,(H,14,15,16). The fraction of sp³-hybridized carbons (Fsp3) is 0.154. The summed E-state index contributed by atoms with van der Waals surface area (Å²) < 4.78 is 4.54. The van der Waals surface area contributed by atoms with Crippen LogP contribution in [0.4, 0.5) is 5.82 Å². The van der Waals surface area contributed by atoms with Gasteiger partial charge in [0.1, 0.15) is 11.6 Å². The van der Waals surface area contributed by atoms with Crippen LogP contribution < -0.4 is 5.32 Å². The van der Waals surface area contributed by atoms with Crippen LogP contribution in [0.1, 0.15) is 16.2 Å². The maximum absolute atomic E-state index is 11.3. The number of para-hydroxylation sites is 1. The monoisotopic (exact) mass is 259 g/mol.